The Bertz CT molecular complexity index is 855. The minimum Gasteiger partial charge on any atom is -0.325 e. The molecular formula is C22H22N2OS. The van der Waals surface area contributed by atoms with Gasteiger partial charge in [0, 0.05) is 10.8 Å². The van der Waals surface area contributed by atoms with E-state index < -0.39 is 0 Å². The summed E-state index contributed by atoms with van der Waals surface area (Å²) in [5.74, 6) is 1.49. The maximum absolute atomic E-state index is 13.2. The van der Waals surface area contributed by atoms with Crippen molar-refractivity contribution in [3.05, 3.63) is 59.7 Å². The fraction of sp³-hybridized carbons (Fsp3) is 0.364. The normalized spacial score (nSPS) is 26.5. The number of thioether (sulfide) groups is 1. The fourth-order valence-corrected chi connectivity index (χ4v) is 5.45. The predicted octanol–water partition coefficient (Wildman–Crippen LogP) is 5.05. The van der Waals surface area contributed by atoms with Crippen LogP contribution < -0.4 is 5.32 Å². The Hall–Kier alpha value is -2.25. The summed E-state index contributed by atoms with van der Waals surface area (Å²) in [5, 5.41) is 12.2. The molecule has 2 saturated carbocycles. The second-order valence-electron chi connectivity index (χ2n) is 7.31. The molecule has 2 aromatic carbocycles. The van der Waals surface area contributed by atoms with E-state index in [1.54, 1.807) is 11.8 Å². The van der Waals surface area contributed by atoms with Gasteiger partial charge >= 0.3 is 0 Å². The van der Waals surface area contributed by atoms with Gasteiger partial charge in [0.15, 0.2) is 0 Å². The number of hydrogen-bond acceptors (Lipinski definition) is 3. The van der Waals surface area contributed by atoms with Gasteiger partial charge in [-0.05, 0) is 73.1 Å². The third kappa shape index (κ3) is 3.01. The van der Waals surface area contributed by atoms with E-state index in [0.717, 1.165) is 23.4 Å². The summed E-state index contributed by atoms with van der Waals surface area (Å²) in [7, 11) is 0. The van der Waals surface area contributed by atoms with Gasteiger partial charge in [-0.2, -0.15) is 5.26 Å². The van der Waals surface area contributed by atoms with Crippen molar-refractivity contribution in [1.29, 1.82) is 5.26 Å². The van der Waals surface area contributed by atoms with Crippen LogP contribution in [0.4, 0.5) is 5.69 Å². The molecule has 2 aliphatic carbocycles. The molecule has 3 nitrogen and oxygen atoms in total. The third-order valence-corrected chi connectivity index (χ3v) is 6.80. The van der Waals surface area contributed by atoms with Crippen LogP contribution in [-0.4, -0.2) is 12.2 Å². The molecule has 0 radical (unpaired) electrons. The molecule has 2 aliphatic rings. The highest BCUT2D eigenvalue weighted by molar-refractivity contribution is 7.98. The molecule has 0 saturated heterocycles. The second kappa shape index (κ2) is 7.17. The fourth-order valence-electron chi connectivity index (χ4n) is 4.89. The van der Waals surface area contributed by atoms with Crippen molar-refractivity contribution in [3.8, 4) is 6.07 Å². The Morgan fingerprint density at radius 2 is 1.85 bits per heavy atom. The van der Waals surface area contributed by atoms with Gasteiger partial charge in [-0.1, -0.05) is 24.3 Å². The molecule has 4 atom stereocenters. The van der Waals surface area contributed by atoms with Crippen molar-refractivity contribution >= 4 is 23.4 Å². The van der Waals surface area contributed by atoms with Crippen LogP contribution in [0.5, 0.6) is 0 Å². The topological polar surface area (TPSA) is 52.9 Å². The highest BCUT2D eigenvalue weighted by atomic mass is 32.2. The number of hydrogen-bond donors (Lipinski definition) is 1. The van der Waals surface area contributed by atoms with Crippen LogP contribution in [-0.2, 0) is 4.79 Å². The largest absolute Gasteiger partial charge is 0.325 e. The first-order valence-corrected chi connectivity index (χ1v) is 10.4. The maximum Gasteiger partial charge on any atom is 0.228 e. The lowest BCUT2D eigenvalue weighted by molar-refractivity contribution is -0.121. The highest BCUT2D eigenvalue weighted by Crippen LogP contribution is 2.57. The first kappa shape index (κ1) is 17.2. The molecule has 2 bridgehead atoms. The van der Waals surface area contributed by atoms with Gasteiger partial charge in [-0.3, -0.25) is 4.79 Å². The molecule has 26 heavy (non-hydrogen) atoms. The number of carbonyl (C=O) groups excluding carboxylic acids is 1. The molecule has 4 rings (SSSR count). The SMILES string of the molecule is CSc1ccccc1NC(=O)C1C2CCC(C2)C1c1ccc(C#N)cc1. The highest BCUT2D eigenvalue weighted by Gasteiger charge is 2.51. The lowest BCUT2D eigenvalue weighted by atomic mass is 9.75. The van der Waals surface area contributed by atoms with E-state index in [1.165, 1.54) is 12.0 Å². The molecule has 2 aromatic rings. The van der Waals surface area contributed by atoms with Crippen molar-refractivity contribution in [3.63, 3.8) is 0 Å². The first-order chi connectivity index (χ1) is 12.7. The van der Waals surface area contributed by atoms with Crippen molar-refractivity contribution in [2.24, 2.45) is 17.8 Å². The van der Waals surface area contributed by atoms with E-state index in [9.17, 15) is 4.79 Å². The van der Waals surface area contributed by atoms with Gasteiger partial charge in [0.05, 0.1) is 17.3 Å². The van der Waals surface area contributed by atoms with Gasteiger partial charge in [0.25, 0.3) is 0 Å². The molecule has 0 heterocycles. The average Bonchev–Trinajstić information content (AvgIpc) is 3.30. The summed E-state index contributed by atoms with van der Waals surface area (Å²) < 4.78 is 0. The maximum atomic E-state index is 13.2. The van der Waals surface area contributed by atoms with Crippen LogP contribution in [0.2, 0.25) is 0 Å². The standard InChI is InChI=1S/C22H22N2OS/c1-26-19-5-3-2-4-18(19)24-22(25)21-17-11-10-16(12-17)20(21)15-8-6-14(13-23)7-9-15/h2-9,16-17,20-21H,10-12H2,1H3,(H,24,25). The van der Waals surface area contributed by atoms with E-state index in [1.807, 2.05) is 54.8 Å². The molecule has 132 valence electrons. The molecule has 4 unspecified atom stereocenters. The Morgan fingerprint density at radius 3 is 2.58 bits per heavy atom. The van der Waals surface area contributed by atoms with Gasteiger partial charge in [-0.15, -0.1) is 11.8 Å². The van der Waals surface area contributed by atoms with Crippen molar-refractivity contribution in [2.75, 3.05) is 11.6 Å². The van der Waals surface area contributed by atoms with Gasteiger partial charge in [0.1, 0.15) is 0 Å². The second-order valence-corrected chi connectivity index (χ2v) is 8.16. The smallest absolute Gasteiger partial charge is 0.228 e. The zero-order valence-electron chi connectivity index (χ0n) is 14.8. The van der Waals surface area contributed by atoms with E-state index in [4.69, 9.17) is 5.26 Å². The summed E-state index contributed by atoms with van der Waals surface area (Å²) in [4.78, 5) is 14.3. The van der Waals surface area contributed by atoms with E-state index in [0.29, 0.717) is 17.4 Å². The Labute approximate surface area is 158 Å². The number of anilines is 1. The minimum atomic E-state index is 0.0246. The Morgan fingerprint density at radius 1 is 1.12 bits per heavy atom. The van der Waals surface area contributed by atoms with Crippen molar-refractivity contribution in [2.45, 2.75) is 30.1 Å². The number of nitrogens with one attached hydrogen (secondary N) is 1. The number of para-hydroxylation sites is 1. The molecular weight excluding hydrogens is 340 g/mol. The average molecular weight is 362 g/mol. The molecule has 1 N–H and O–H groups in total. The quantitative estimate of drug-likeness (QED) is 0.775. The van der Waals surface area contributed by atoms with E-state index in [2.05, 4.69) is 11.4 Å². The third-order valence-electron chi connectivity index (χ3n) is 6.01. The molecule has 0 spiro atoms. The van der Waals surface area contributed by atoms with Crippen LogP contribution in [0.1, 0.15) is 36.3 Å². The monoisotopic (exact) mass is 362 g/mol. The van der Waals surface area contributed by atoms with E-state index in [-0.39, 0.29) is 17.7 Å². The summed E-state index contributed by atoms with van der Waals surface area (Å²) in [6.45, 7) is 0. The molecule has 1 amide bonds. The number of fused-ring (bicyclic) bond motifs is 2. The molecule has 4 heteroatoms. The van der Waals surface area contributed by atoms with Gasteiger partial charge in [0.2, 0.25) is 5.91 Å². The van der Waals surface area contributed by atoms with Crippen LogP contribution in [0.15, 0.2) is 53.4 Å². The number of carbonyl (C=O) groups is 1. The zero-order valence-corrected chi connectivity index (χ0v) is 15.6. The number of rotatable bonds is 4. The van der Waals surface area contributed by atoms with Crippen LogP contribution >= 0.6 is 11.8 Å². The lowest BCUT2D eigenvalue weighted by Crippen LogP contribution is -2.32. The summed E-state index contributed by atoms with van der Waals surface area (Å²) in [6, 6.07) is 18.0. The predicted molar refractivity (Wildman–Crippen MR) is 105 cm³/mol. The number of nitrogens with zero attached hydrogens (tertiary/aromatic N) is 1. The molecule has 0 aliphatic heterocycles. The summed E-state index contributed by atoms with van der Waals surface area (Å²) in [5.41, 5.74) is 2.78. The van der Waals surface area contributed by atoms with Crippen LogP contribution in [0, 0.1) is 29.1 Å². The van der Waals surface area contributed by atoms with Crippen LogP contribution in [0.25, 0.3) is 0 Å². The number of amides is 1. The van der Waals surface area contributed by atoms with Gasteiger partial charge in [-0.25, -0.2) is 0 Å². The number of benzene rings is 2. The molecule has 2 fully saturated rings. The lowest BCUT2D eigenvalue weighted by Gasteiger charge is -2.30. The van der Waals surface area contributed by atoms with Crippen LogP contribution in [0.3, 0.4) is 0 Å². The first-order valence-electron chi connectivity index (χ1n) is 9.15. The van der Waals surface area contributed by atoms with E-state index >= 15 is 0 Å². The minimum absolute atomic E-state index is 0.0246. The number of nitriles is 1. The van der Waals surface area contributed by atoms with Crippen molar-refractivity contribution in [1.82, 2.24) is 0 Å². The molecule has 0 aromatic heterocycles. The Balaban J connectivity index is 1.60. The summed E-state index contributed by atoms with van der Waals surface area (Å²) >= 11 is 1.65. The Kier molecular flexibility index (Phi) is 4.74. The zero-order chi connectivity index (χ0) is 18.1. The van der Waals surface area contributed by atoms with Crippen molar-refractivity contribution < 1.29 is 4.79 Å². The summed E-state index contributed by atoms with van der Waals surface area (Å²) in [6.07, 6.45) is 5.54. The van der Waals surface area contributed by atoms with Gasteiger partial charge < -0.3 is 5.32 Å².